The van der Waals surface area contributed by atoms with Crippen LogP contribution in [0.5, 0.6) is 17.2 Å². The van der Waals surface area contributed by atoms with E-state index in [1.807, 2.05) is 31.2 Å². The van der Waals surface area contributed by atoms with Crippen molar-refractivity contribution in [2.24, 2.45) is 0 Å². The van der Waals surface area contributed by atoms with Crippen LogP contribution in [0.3, 0.4) is 0 Å². The van der Waals surface area contributed by atoms with Gasteiger partial charge in [-0.25, -0.2) is 0 Å². The zero-order chi connectivity index (χ0) is 18.8. The molecule has 26 heavy (non-hydrogen) atoms. The Labute approximate surface area is 155 Å². The molecule has 2 aromatic rings. The maximum absolute atomic E-state index is 10.5. The van der Waals surface area contributed by atoms with Crippen molar-refractivity contribution in [3.05, 3.63) is 70.5 Å². The lowest BCUT2D eigenvalue weighted by molar-refractivity contribution is 0.414. The number of methoxy groups -OCH3 is 1. The lowest BCUT2D eigenvalue weighted by atomic mass is 9.84. The van der Waals surface area contributed by atoms with Gasteiger partial charge in [0, 0.05) is 22.6 Å². The number of rotatable bonds is 4. The quantitative estimate of drug-likeness (QED) is 0.713. The SMILES string of the molecule is COc1ccc(C2=COc3c(cc(CC=C(C)C)c(O)c3C)C2C)cc1. The van der Waals surface area contributed by atoms with Gasteiger partial charge in [-0.15, -0.1) is 0 Å². The molecule has 1 aliphatic heterocycles. The first-order valence-corrected chi connectivity index (χ1v) is 8.92. The van der Waals surface area contributed by atoms with Crippen LogP contribution in [0.25, 0.3) is 5.57 Å². The highest BCUT2D eigenvalue weighted by atomic mass is 16.5. The summed E-state index contributed by atoms with van der Waals surface area (Å²) in [5.74, 6) is 2.11. The molecule has 3 heteroatoms. The Bertz CT molecular complexity index is 869. The fourth-order valence-corrected chi connectivity index (χ4v) is 3.33. The Hall–Kier alpha value is -2.68. The molecule has 3 nitrogen and oxygen atoms in total. The van der Waals surface area contributed by atoms with Gasteiger partial charge in [-0.1, -0.05) is 30.7 Å². The molecular weight excluding hydrogens is 324 g/mol. The van der Waals surface area contributed by atoms with Crippen LogP contribution in [0.15, 0.2) is 48.2 Å². The van der Waals surface area contributed by atoms with Gasteiger partial charge in [-0.3, -0.25) is 0 Å². The summed E-state index contributed by atoms with van der Waals surface area (Å²) in [6, 6.07) is 10.1. The third-order valence-corrected chi connectivity index (χ3v) is 4.98. The first-order valence-electron chi connectivity index (χ1n) is 8.92. The second-order valence-corrected chi connectivity index (χ2v) is 7.05. The lowest BCUT2D eigenvalue weighted by Gasteiger charge is -2.27. The minimum Gasteiger partial charge on any atom is -0.507 e. The summed E-state index contributed by atoms with van der Waals surface area (Å²) >= 11 is 0. The summed E-state index contributed by atoms with van der Waals surface area (Å²) in [4.78, 5) is 0. The number of hydrogen-bond acceptors (Lipinski definition) is 3. The van der Waals surface area contributed by atoms with Gasteiger partial charge in [0.15, 0.2) is 0 Å². The first-order chi connectivity index (χ1) is 12.4. The highest BCUT2D eigenvalue weighted by Gasteiger charge is 2.26. The largest absolute Gasteiger partial charge is 0.507 e. The summed E-state index contributed by atoms with van der Waals surface area (Å²) in [5.41, 5.74) is 6.33. The summed E-state index contributed by atoms with van der Waals surface area (Å²) in [7, 11) is 1.67. The predicted molar refractivity (Wildman–Crippen MR) is 106 cm³/mol. The third kappa shape index (κ3) is 3.34. The first kappa shape index (κ1) is 18.1. The molecule has 0 bridgehead atoms. The van der Waals surface area contributed by atoms with Crippen molar-refractivity contribution in [1.29, 1.82) is 0 Å². The topological polar surface area (TPSA) is 38.7 Å². The zero-order valence-corrected chi connectivity index (χ0v) is 16.1. The molecule has 0 amide bonds. The van der Waals surface area contributed by atoms with Gasteiger partial charge in [-0.2, -0.15) is 0 Å². The number of benzene rings is 2. The van der Waals surface area contributed by atoms with Gasteiger partial charge < -0.3 is 14.6 Å². The van der Waals surface area contributed by atoms with E-state index in [0.29, 0.717) is 5.75 Å². The Kier molecular flexibility index (Phi) is 5.08. The highest BCUT2D eigenvalue weighted by Crippen LogP contribution is 2.46. The maximum atomic E-state index is 10.5. The summed E-state index contributed by atoms with van der Waals surface area (Å²) in [5, 5.41) is 10.5. The third-order valence-electron chi connectivity index (χ3n) is 4.98. The highest BCUT2D eigenvalue weighted by molar-refractivity contribution is 5.75. The fourth-order valence-electron chi connectivity index (χ4n) is 3.33. The molecule has 1 aliphatic rings. The number of hydrogen-bond donors (Lipinski definition) is 1. The number of ether oxygens (including phenoxy) is 2. The molecule has 0 radical (unpaired) electrons. The van der Waals surface area contributed by atoms with Crippen LogP contribution in [0.4, 0.5) is 0 Å². The van der Waals surface area contributed by atoms with Crippen LogP contribution >= 0.6 is 0 Å². The van der Waals surface area contributed by atoms with E-state index in [0.717, 1.165) is 45.7 Å². The van der Waals surface area contributed by atoms with Crippen molar-refractivity contribution >= 4 is 5.57 Å². The average molecular weight is 350 g/mol. The Morgan fingerprint density at radius 3 is 2.54 bits per heavy atom. The van der Waals surface area contributed by atoms with Gasteiger partial charge in [0.1, 0.15) is 17.2 Å². The average Bonchev–Trinajstić information content (AvgIpc) is 2.64. The van der Waals surface area contributed by atoms with Crippen LogP contribution < -0.4 is 9.47 Å². The van der Waals surface area contributed by atoms with Crippen molar-refractivity contribution in [2.75, 3.05) is 7.11 Å². The molecule has 1 atom stereocenters. The Morgan fingerprint density at radius 1 is 1.23 bits per heavy atom. The van der Waals surface area contributed by atoms with Gasteiger partial charge in [-0.05, 0) is 56.5 Å². The number of phenolic OH excluding ortho intramolecular Hbond substituents is 1. The molecule has 1 heterocycles. The van der Waals surface area contributed by atoms with E-state index >= 15 is 0 Å². The van der Waals surface area contributed by atoms with Gasteiger partial charge in [0.2, 0.25) is 0 Å². The number of fused-ring (bicyclic) bond motifs is 1. The molecule has 1 unspecified atom stereocenters. The van der Waals surface area contributed by atoms with E-state index in [1.165, 1.54) is 5.57 Å². The van der Waals surface area contributed by atoms with E-state index in [2.05, 4.69) is 32.9 Å². The van der Waals surface area contributed by atoms with Crippen LogP contribution in [0.2, 0.25) is 0 Å². The van der Waals surface area contributed by atoms with Crippen LogP contribution in [0, 0.1) is 6.92 Å². The summed E-state index contributed by atoms with van der Waals surface area (Å²) < 4.78 is 11.2. The van der Waals surface area contributed by atoms with Crippen LogP contribution in [-0.4, -0.2) is 12.2 Å². The van der Waals surface area contributed by atoms with Gasteiger partial charge in [0.05, 0.1) is 13.4 Å². The molecule has 0 saturated carbocycles. The minimum atomic E-state index is 0.178. The molecule has 2 aromatic carbocycles. The summed E-state index contributed by atoms with van der Waals surface area (Å²) in [6.45, 7) is 8.23. The Balaban J connectivity index is 2.00. The molecule has 0 aromatic heterocycles. The van der Waals surface area contributed by atoms with Crippen molar-refractivity contribution < 1.29 is 14.6 Å². The van der Waals surface area contributed by atoms with E-state index in [9.17, 15) is 5.11 Å². The molecule has 0 spiro atoms. The molecule has 3 rings (SSSR count). The molecule has 1 N–H and O–H groups in total. The van der Waals surface area contributed by atoms with Gasteiger partial charge in [0.25, 0.3) is 0 Å². The van der Waals surface area contributed by atoms with E-state index in [1.54, 1.807) is 13.4 Å². The molecule has 0 saturated heterocycles. The van der Waals surface area contributed by atoms with Crippen molar-refractivity contribution in [2.45, 2.75) is 40.0 Å². The molecule has 136 valence electrons. The van der Waals surface area contributed by atoms with Crippen LogP contribution in [-0.2, 0) is 6.42 Å². The summed E-state index contributed by atoms with van der Waals surface area (Å²) in [6.07, 6.45) is 4.66. The maximum Gasteiger partial charge on any atom is 0.136 e. The zero-order valence-electron chi connectivity index (χ0n) is 16.1. The molecular formula is C23H26O3. The lowest BCUT2D eigenvalue weighted by Crippen LogP contribution is -2.09. The predicted octanol–water partition coefficient (Wildman–Crippen LogP) is 5.75. The fraction of sp³-hybridized carbons (Fsp3) is 0.304. The normalized spacial score (nSPS) is 15.6. The van der Waals surface area contributed by atoms with Crippen molar-refractivity contribution in [1.82, 2.24) is 0 Å². The second kappa shape index (κ2) is 7.28. The van der Waals surface area contributed by atoms with E-state index in [4.69, 9.17) is 9.47 Å². The standard InChI is InChI=1S/C23H26O3/c1-14(2)6-7-18-12-20-15(3)21(13-26-23(20)16(4)22(18)24)17-8-10-19(25-5)11-9-17/h6,8-13,15,24H,7H2,1-5H3. The number of phenols is 1. The monoisotopic (exact) mass is 350 g/mol. The molecule has 0 fully saturated rings. The number of aromatic hydroxyl groups is 1. The second-order valence-electron chi connectivity index (χ2n) is 7.05. The minimum absolute atomic E-state index is 0.178. The van der Waals surface area contributed by atoms with E-state index in [-0.39, 0.29) is 5.92 Å². The Morgan fingerprint density at radius 2 is 1.92 bits per heavy atom. The number of allylic oxidation sites excluding steroid dienone is 3. The van der Waals surface area contributed by atoms with Gasteiger partial charge >= 0.3 is 0 Å². The van der Waals surface area contributed by atoms with Crippen molar-refractivity contribution in [3.8, 4) is 17.2 Å². The smallest absolute Gasteiger partial charge is 0.136 e. The van der Waals surface area contributed by atoms with Crippen molar-refractivity contribution in [3.63, 3.8) is 0 Å². The van der Waals surface area contributed by atoms with Crippen LogP contribution in [0.1, 0.15) is 48.9 Å². The molecule has 0 aliphatic carbocycles. The van der Waals surface area contributed by atoms with E-state index < -0.39 is 0 Å².